The maximum atomic E-state index is 14.1. The van der Waals surface area contributed by atoms with Crippen molar-refractivity contribution in [3.05, 3.63) is 59.7 Å². The molecule has 0 aliphatic carbocycles. The standard InChI is InChI=1S/C17H16F2N2O4S/c18-13-2-4-14(5-3-13)20-17(22)12-1-6-15(19)16(11-12)26(23,24)21-7-9-25-10-8-21/h1-6,11H,7-10H2,(H,20,22). The van der Waals surface area contributed by atoms with Crippen molar-refractivity contribution < 1.29 is 26.7 Å². The van der Waals surface area contributed by atoms with Crippen molar-refractivity contribution in [2.75, 3.05) is 31.6 Å². The Balaban J connectivity index is 1.87. The molecule has 3 rings (SSSR count). The van der Waals surface area contributed by atoms with Crippen molar-refractivity contribution in [2.24, 2.45) is 0 Å². The molecule has 1 aliphatic heterocycles. The second-order valence-corrected chi connectivity index (χ2v) is 7.53. The van der Waals surface area contributed by atoms with E-state index in [0.717, 1.165) is 16.4 Å². The lowest BCUT2D eigenvalue weighted by Crippen LogP contribution is -2.41. The number of nitrogens with zero attached hydrogens (tertiary/aromatic N) is 1. The van der Waals surface area contributed by atoms with Gasteiger partial charge in [-0.15, -0.1) is 0 Å². The van der Waals surface area contributed by atoms with Crippen molar-refractivity contribution in [1.29, 1.82) is 0 Å². The number of hydrogen-bond acceptors (Lipinski definition) is 4. The van der Waals surface area contributed by atoms with E-state index in [4.69, 9.17) is 4.74 Å². The maximum Gasteiger partial charge on any atom is 0.255 e. The van der Waals surface area contributed by atoms with Crippen LogP contribution in [0.5, 0.6) is 0 Å². The second-order valence-electron chi connectivity index (χ2n) is 5.62. The van der Waals surface area contributed by atoms with Gasteiger partial charge in [-0.1, -0.05) is 0 Å². The molecule has 0 atom stereocenters. The van der Waals surface area contributed by atoms with Gasteiger partial charge in [-0.2, -0.15) is 4.31 Å². The van der Waals surface area contributed by atoms with Gasteiger partial charge in [0.15, 0.2) is 0 Å². The van der Waals surface area contributed by atoms with Crippen LogP contribution in [-0.2, 0) is 14.8 Å². The molecule has 0 spiro atoms. The van der Waals surface area contributed by atoms with Crippen molar-refractivity contribution in [3.63, 3.8) is 0 Å². The normalized spacial score (nSPS) is 15.6. The highest BCUT2D eigenvalue weighted by atomic mass is 32.2. The summed E-state index contributed by atoms with van der Waals surface area (Å²) in [7, 11) is -4.08. The Morgan fingerprint density at radius 1 is 1.04 bits per heavy atom. The molecule has 0 saturated carbocycles. The van der Waals surface area contributed by atoms with Crippen LogP contribution in [0, 0.1) is 11.6 Å². The van der Waals surface area contributed by atoms with E-state index in [1.54, 1.807) is 0 Å². The van der Waals surface area contributed by atoms with Gasteiger partial charge >= 0.3 is 0 Å². The second kappa shape index (κ2) is 7.48. The van der Waals surface area contributed by atoms with Gasteiger partial charge < -0.3 is 10.1 Å². The van der Waals surface area contributed by atoms with Gasteiger partial charge in [0.1, 0.15) is 16.5 Å². The molecule has 2 aromatic rings. The van der Waals surface area contributed by atoms with E-state index in [2.05, 4.69) is 5.32 Å². The number of anilines is 1. The van der Waals surface area contributed by atoms with Crippen molar-refractivity contribution in [1.82, 2.24) is 4.31 Å². The van der Waals surface area contributed by atoms with Gasteiger partial charge in [0, 0.05) is 24.3 Å². The number of ether oxygens (including phenoxy) is 1. The van der Waals surface area contributed by atoms with Crippen LogP contribution in [0.25, 0.3) is 0 Å². The molecule has 1 aliphatic rings. The average molecular weight is 382 g/mol. The van der Waals surface area contributed by atoms with Crippen molar-refractivity contribution in [3.8, 4) is 0 Å². The van der Waals surface area contributed by atoms with Crippen molar-refractivity contribution >= 4 is 21.6 Å². The predicted molar refractivity (Wildman–Crippen MR) is 90.3 cm³/mol. The Morgan fingerprint density at radius 3 is 2.35 bits per heavy atom. The molecule has 1 saturated heterocycles. The van der Waals surface area contributed by atoms with Gasteiger partial charge in [0.2, 0.25) is 10.0 Å². The summed E-state index contributed by atoms with van der Waals surface area (Å²) in [5.41, 5.74) is 0.306. The third kappa shape index (κ3) is 3.90. The SMILES string of the molecule is O=C(Nc1ccc(F)cc1)c1ccc(F)c(S(=O)(=O)N2CCOCC2)c1. The quantitative estimate of drug-likeness (QED) is 0.880. The molecular formula is C17H16F2N2O4S. The average Bonchev–Trinajstić information content (AvgIpc) is 2.64. The summed E-state index contributed by atoms with van der Waals surface area (Å²) in [6, 6.07) is 8.20. The van der Waals surface area contributed by atoms with Crippen LogP contribution in [0.2, 0.25) is 0 Å². The Bertz CT molecular complexity index is 911. The van der Waals surface area contributed by atoms with Gasteiger partial charge in [0.25, 0.3) is 5.91 Å². The number of amides is 1. The number of hydrogen-bond donors (Lipinski definition) is 1. The number of nitrogens with one attached hydrogen (secondary N) is 1. The van der Waals surface area contributed by atoms with E-state index in [-0.39, 0.29) is 31.9 Å². The van der Waals surface area contributed by atoms with Crippen LogP contribution in [0.1, 0.15) is 10.4 Å². The number of halogens is 2. The van der Waals surface area contributed by atoms with Crippen LogP contribution < -0.4 is 5.32 Å². The fourth-order valence-corrected chi connectivity index (χ4v) is 4.00. The highest BCUT2D eigenvalue weighted by molar-refractivity contribution is 7.89. The summed E-state index contributed by atoms with van der Waals surface area (Å²) in [6.07, 6.45) is 0. The molecule has 1 N–H and O–H groups in total. The number of benzene rings is 2. The third-order valence-corrected chi connectivity index (χ3v) is 5.80. The van der Waals surface area contributed by atoms with E-state index in [1.807, 2.05) is 0 Å². The molecular weight excluding hydrogens is 366 g/mol. The summed E-state index contributed by atoms with van der Waals surface area (Å²) >= 11 is 0. The molecule has 0 bridgehead atoms. The van der Waals surface area contributed by atoms with E-state index in [1.165, 1.54) is 30.3 Å². The first-order valence-corrected chi connectivity index (χ1v) is 9.26. The number of carbonyl (C=O) groups is 1. The summed E-state index contributed by atoms with van der Waals surface area (Å²) in [5.74, 6) is -2.02. The molecule has 0 radical (unpaired) electrons. The van der Waals surface area contributed by atoms with E-state index in [0.29, 0.717) is 5.69 Å². The number of rotatable bonds is 4. The largest absolute Gasteiger partial charge is 0.379 e. The zero-order valence-electron chi connectivity index (χ0n) is 13.6. The minimum absolute atomic E-state index is 0.0254. The Kier molecular flexibility index (Phi) is 5.30. The minimum atomic E-state index is -4.08. The van der Waals surface area contributed by atoms with Gasteiger partial charge in [0.05, 0.1) is 13.2 Å². The van der Waals surface area contributed by atoms with Crippen LogP contribution >= 0.6 is 0 Å². The van der Waals surface area contributed by atoms with Crippen LogP contribution in [0.4, 0.5) is 14.5 Å². The van der Waals surface area contributed by atoms with Crippen LogP contribution in [-0.4, -0.2) is 44.9 Å². The Morgan fingerprint density at radius 2 is 1.69 bits per heavy atom. The molecule has 2 aromatic carbocycles. The lowest BCUT2D eigenvalue weighted by Gasteiger charge is -2.26. The van der Waals surface area contributed by atoms with Gasteiger partial charge in [-0.3, -0.25) is 4.79 Å². The smallest absolute Gasteiger partial charge is 0.255 e. The monoisotopic (exact) mass is 382 g/mol. The van der Waals surface area contributed by atoms with E-state index < -0.39 is 32.5 Å². The van der Waals surface area contributed by atoms with Crippen LogP contribution in [0.15, 0.2) is 47.4 Å². The summed E-state index contributed by atoms with van der Waals surface area (Å²) in [4.78, 5) is 11.7. The molecule has 26 heavy (non-hydrogen) atoms. The predicted octanol–water partition coefficient (Wildman–Crippen LogP) is 2.24. The van der Waals surface area contributed by atoms with Crippen molar-refractivity contribution in [2.45, 2.75) is 4.90 Å². The van der Waals surface area contributed by atoms with Gasteiger partial charge in [-0.25, -0.2) is 17.2 Å². The van der Waals surface area contributed by atoms with Crippen LogP contribution in [0.3, 0.4) is 0 Å². The maximum absolute atomic E-state index is 14.1. The molecule has 138 valence electrons. The molecule has 6 nitrogen and oxygen atoms in total. The lowest BCUT2D eigenvalue weighted by molar-refractivity contribution is 0.0729. The molecule has 9 heteroatoms. The zero-order valence-corrected chi connectivity index (χ0v) is 14.4. The molecule has 1 fully saturated rings. The fraction of sp³-hybridized carbons (Fsp3) is 0.235. The molecule has 1 amide bonds. The highest BCUT2D eigenvalue weighted by Crippen LogP contribution is 2.22. The fourth-order valence-electron chi connectivity index (χ4n) is 2.50. The summed E-state index contributed by atoms with van der Waals surface area (Å²) in [5, 5.41) is 2.51. The first kappa shape index (κ1) is 18.4. The third-order valence-electron chi connectivity index (χ3n) is 3.88. The summed E-state index contributed by atoms with van der Waals surface area (Å²) < 4.78 is 58.6. The number of morpholine rings is 1. The topological polar surface area (TPSA) is 75.7 Å². The van der Waals surface area contributed by atoms with E-state index >= 15 is 0 Å². The number of sulfonamides is 1. The molecule has 1 heterocycles. The Hall–Kier alpha value is -2.36. The molecule has 0 unspecified atom stereocenters. The highest BCUT2D eigenvalue weighted by Gasteiger charge is 2.29. The Labute approximate surface area is 149 Å². The van der Waals surface area contributed by atoms with Gasteiger partial charge in [-0.05, 0) is 42.5 Å². The summed E-state index contributed by atoms with van der Waals surface area (Å²) in [6.45, 7) is 0.693. The lowest BCUT2D eigenvalue weighted by atomic mass is 10.2. The first-order chi connectivity index (χ1) is 12.4. The number of carbonyl (C=O) groups excluding carboxylic acids is 1. The molecule has 0 aromatic heterocycles. The first-order valence-electron chi connectivity index (χ1n) is 7.82. The van der Waals surface area contributed by atoms with E-state index in [9.17, 15) is 22.0 Å². The zero-order chi connectivity index (χ0) is 18.7. The minimum Gasteiger partial charge on any atom is -0.379 e.